The van der Waals surface area contributed by atoms with Gasteiger partial charge in [-0.2, -0.15) is 0 Å². The molecule has 1 N–H and O–H groups in total. The summed E-state index contributed by atoms with van der Waals surface area (Å²) in [6.45, 7) is 1.92. The number of carbonyl (C=O) groups is 1. The first-order valence-electron chi connectivity index (χ1n) is 8.49. The van der Waals surface area contributed by atoms with Gasteiger partial charge in [-0.05, 0) is 50.9 Å². The van der Waals surface area contributed by atoms with Gasteiger partial charge in [-0.15, -0.1) is 0 Å². The molecule has 1 aliphatic heterocycles. The van der Waals surface area contributed by atoms with Gasteiger partial charge in [0.25, 0.3) is 0 Å². The number of allylic oxidation sites excluding steroid dienone is 2. The van der Waals surface area contributed by atoms with E-state index in [1.165, 1.54) is 0 Å². The van der Waals surface area contributed by atoms with Gasteiger partial charge in [0.2, 0.25) is 15.9 Å². The summed E-state index contributed by atoms with van der Waals surface area (Å²) < 4.78 is 26.0. The monoisotopic (exact) mass is 326 g/mol. The molecule has 5 nitrogen and oxygen atoms in total. The lowest BCUT2D eigenvalue weighted by atomic mass is 9.93. The highest BCUT2D eigenvalue weighted by atomic mass is 32.2. The molecule has 124 valence electrons. The number of piperidine rings is 1. The van der Waals surface area contributed by atoms with Crippen molar-refractivity contribution in [3.05, 3.63) is 12.2 Å². The molecule has 1 saturated carbocycles. The Labute approximate surface area is 133 Å². The van der Waals surface area contributed by atoms with Gasteiger partial charge in [0.1, 0.15) is 0 Å². The number of carbonyl (C=O) groups excluding carboxylic acids is 1. The van der Waals surface area contributed by atoms with Gasteiger partial charge < -0.3 is 5.32 Å². The standard InChI is InChI=1S/C16H26N2O3S/c19-16(14-4-2-1-3-5-14)17-12-13-8-10-18(11-9-13)22(20,21)15-6-7-15/h1-2,13-15H,3-12H2,(H,17,19). The first-order valence-corrected chi connectivity index (χ1v) is 9.99. The van der Waals surface area contributed by atoms with Gasteiger partial charge in [0.05, 0.1) is 5.25 Å². The molecule has 1 unspecified atom stereocenters. The Hall–Kier alpha value is -0.880. The molecule has 2 fully saturated rings. The predicted molar refractivity (Wildman–Crippen MR) is 85.7 cm³/mol. The van der Waals surface area contributed by atoms with Crippen molar-refractivity contribution in [2.24, 2.45) is 11.8 Å². The molecule has 22 heavy (non-hydrogen) atoms. The fraction of sp³-hybridized carbons (Fsp3) is 0.812. The van der Waals surface area contributed by atoms with Crippen molar-refractivity contribution in [1.29, 1.82) is 0 Å². The van der Waals surface area contributed by atoms with Crippen LogP contribution in [0.15, 0.2) is 12.2 Å². The number of nitrogens with zero attached hydrogens (tertiary/aromatic N) is 1. The fourth-order valence-corrected chi connectivity index (χ4v) is 5.24. The average molecular weight is 326 g/mol. The van der Waals surface area contributed by atoms with Gasteiger partial charge in [0, 0.05) is 25.6 Å². The summed E-state index contributed by atoms with van der Waals surface area (Å²) in [5.41, 5.74) is 0. The summed E-state index contributed by atoms with van der Waals surface area (Å²) in [6, 6.07) is 0. The Balaban J connectivity index is 1.40. The zero-order valence-corrected chi connectivity index (χ0v) is 13.9. The van der Waals surface area contributed by atoms with Crippen LogP contribution < -0.4 is 5.32 Å². The summed E-state index contributed by atoms with van der Waals surface area (Å²) in [7, 11) is -3.02. The van der Waals surface area contributed by atoms with E-state index < -0.39 is 10.0 Å². The number of hydrogen-bond acceptors (Lipinski definition) is 3. The molecule has 1 amide bonds. The summed E-state index contributed by atoms with van der Waals surface area (Å²) >= 11 is 0. The highest BCUT2D eigenvalue weighted by Crippen LogP contribution is 2.33. The van der Waals surface area contributed by atoms with Gasteiger partial charge in [-0.1, -0.05) is 12.2 Å². The largest absolute Gasteiger partial charge is 0.356 e. The first kappa shape index (κ1) is 16.0. The molecular weight excluding hydrogens is 300 g/mol. The molecule has 0 aromatic carbocycles. The van der Waals surface area contributed by atoms with E-state index in [-0.39, 0.29) is 17.1 Å². The third-order valence-electron chi connectivity index (χ3n) is 5.08. The Kier molecular flexibility index (Phi) is 4.88. The quantitative estimate of drug-likeness (QED) is 0.782. The second-order valence-electron chi connectivity index (χ2n) is 6.81. The van der Waals surface area contributed by atoms with Gasteiger partial charge in [-0.3, -0.25) is 4.79 Å². The number of nitrogens with one attached hydrogen (secondary N) is 1. The van der Waals surface area contributed by atoms with Crippen molar-refractivity contribution in [3.63, 3.8) is 0 Å². The lowest BCUT2D eigenvalue weighted by Crippen LogP contribution is -2.43. The predicted octanol–water partition coefficient (Wildman–Crippen LogP) is 1.66. The molecule has 1 saturated heterocycles. The molecule has 3 aliphatic rings. The van der Waals surface area contributed by atoms with Crippen LogP contribution >= 0.6 is 0 Å². The van der Waals surface area contributed by atoms with Crippen LogP contribution in [0.4, 0.5) is 0 Å². The molecule has 6 heteroatoms. The summed E-state index contributed by atoms with van der Waals surface area (Å²) in [6.07, 6.45) is 10.4. The molecule has 0 spiro atoms. The summed E-state index contributed by atoms with van der Waals surface area (Å²) in [4.78, 5) is 12.1. The average Bonchev–Trinajstić information content (AvgIpc) is 3.39. The lowest BCUT2D eigenvalue weighted by Gasteiger charge is -2.31. The zero-order chi connectivity index (χ0) is 15.6. The Morgan fingerprint density at radius 2 is 1.82 bits per heavy atom. The van der Waals surface area contributed by atoms with E-state index in [9.17, 15) is 13.2 Å². The molecule has 1 heterocycles. The number of hydrogen-bond donors (Lipinski definition) is 1. The molecule has 0 aromatic heterocycles. The van der Waals surface area contributed by atoms with Gasteiger partial charge >= 0.3 is 0 Å². The third-order valence-corrected chi connectivity index (χ3v) is 7.48. The van der Waals surface area contributed by atoms with E-state index in [1.54, 1.807) is 4.31 Å². The van der Waals surface area contributed by atoms with Crippen LogP contribution in [0, 0.1) is 11.8 Å². The van der Waals surface area contributed by atoms with E-state index in [4.69, 9.17) is 0 Å². The zero-order valence-electron chi connectivity index (χ0n) is 13.0. The van der Waals surface area contributed by atoms with Crippen molar-refractivity contribution < 1.29 is 13.2 Å². The van der Waals surface area contributed by atoms with E-state index in [0.29, 0.717) is 25.6 Å². The first-order chi connectivity index (χ1) is 10.6. The van der Waals surface area contributed by atoms with Gasteiger partial charge in [0.15, 0.2) is 0 Å². The lowest BCUT2D eigenvalue weighted by molar-refractivity contribution is -0.125. The van der Waals surface area contributed by atoms with Crippen LogP contribution in [0.1, 0.15) is 44.9 Å². The van der Waals surface area contributed by atoms with Crippen LogP contribution in [-0.2, 0) is 14.8 Å². The van der Waals surface area contributed by atoms with E-state index in [0.717, 1.165) is 44.9 Å². The van der Waals surface area contributed by atoms with Crippen LogP contribution in [0.5, 0.6) is 0 Å². The van der Waals surface area contributed by atoms with Crippen LogP contribution in [-0.4, -0.2) is 43.5 Å². The number of sulfonamides is 1. The van der Waals surface area contributed by atoms with Crippen molar-refractivity contribution >= 4 is 15.9 Å². The molecule has 0 radical (unpaired) electrons. The Bertz CT molecular complexity index is 532. The molecule has 2 aliphatic carbocycles. The second kappa shape index (κ2) is 6.71. The highest BCUT2D eigenvalue weighted by Gasteiger charge is 2.41. The maximum absolute atomic E-state index is 12.2. The van der Waals surface area contributed by atoms with Crippen molar-refractivity contribution in [2.45, 2.75) is 50.2 Å². The van der Waals surface area contributed by atoms with E-state index in [1.807, 2.05) is 0 Å². The smallest absolute Gasteiger partial charge is 0.223 e. The Morgan fingerprint density at radius 3 is 2.41 bits per heavy atom. The van der Waals surface area contributed by atoms with Crippen LogP contribution in [0.3, 0.4) is 0 Å². The molecular formula is C16H26N2O3S. The van der Waals surface area contributed by atoms with Crippen LogP contribution in [0.25, 0.3) is 0 Å². The Morgan fingerprint density at radius 1 is 1.09 bits per heavy atom. The van der Waals surface area contributed by atoms with E-state index in [2.05, 4.69) is 17.5 Å². The van der Waals surface area contributed by atoms with Crippen molar-refractivity contribution in [2.75, 3.05) is 19.6 Å². The molecule has 0 aromatic rings. The summed E-state index contributed by atoms with van der Waals surface area (Å²) in [5, 5.41) is 2.96. The van der Waals surface area contributed by atoms with Crippen LogP contribution in [0.2, 0.25) is 0 Å². The number of amides is 1. The highest BCUT2D eigenvalue weighted by molar-refractivity contribution is 7.90. The fourth-order valence-electron chi connectivity index (χ4n) is 3.37. The normalized spacial score (nSPS) is 27.7. The topological polar surface area (TPSA) is 66.5 Å². The minimum Gasteiger partial charge on any atom is -0.356 e. The summed E-state index contributed by atoms with van der Waals surface area (Å²) in [5.74, 6) is 0.700. The van der Waals surface area contributed by atoms with Crippen molar-refractivity contribution in [1.82, 2.24) is 9.62 Å². The third kappa shape index (κ3) is 3.71. The molecule has 3 rings (SSSR count). The minimum atomic E-state index is -3.02. The maximum Gasteiger partial charge on any atom is 0.223 e. The van der Waals surface area contributed by atoms with Gasteiger partial charge in [-0.25, -0.2) is 12.7 Å². The van der Waals surface area contributed by atoms with Crippen molar-refractivity contribution in [3.8, 4) is 0 Å². The van der Waals surface area contributed by atoms with E-state index >= 15 is 0 Å². The second-order valence-corrected chi connectivity index (χ2v) is 9.03. The number of rotatable bonds is 5. The molecule has 0 bridgehead atoms. The SMILES string of the molecule is O=C(NCC1CCN(S(=O)(=O)C2CC2)CC1)C1CC=CCC1. The minimum absolute atomic E-state index is 0.108. The maximum atomic E-state index is 12.2. The molecule has 1 atom stereocenters.